The molecule has 7 nitrogen and oxygen atoms in total. The summed E-state index contributed by atoms with van der Waals surface area (Å²) in [5, 5.41) is 13.4. The molecule has 4 rings (SSSR count). The van der Waals surface area contributed by atoms with Gasteiger partial charge in [-0.25, -0.2) is 0 Å². The minimum absolute atomic E-state index is 0.0762. The summed E-state index contributed by atoms with van der Waals surface area (Å²) in [6.45, 7) is 9.52. The number of aliphatic carboxylic acids is 1. The highest BCUT2D eigenvalue weighted by Crippen LogP contribution is 2.28. The van der Waals surface area contributed by atoms with Gasteiger partial charge in [-0.2, -0.15) is 4.98 Å². The van der Waals surface area contributed by atoms with Gasteiger partial charge in [0, 0.05) is 24.3 Å². The molecule has 0 bridgehead atoms. The van der Waals surface area contributed by atoms with Crippen molar-refractivity contribution in [3.05, 3.63) is 89.1 Å². The van der Waals surface area contributed by atoms with Crippen molar-refractivity contribution in [1.82, 2.24) is 15.0 Å². The number of rotatable bonds is 11. The zero-order chi connectivity index (χ0) is 26.2. The van der Waals surface area contributed by atoms with E-state index < -0.39 is 5.97 Å². The molecule has 0 spiro atoms. The molecule has 1 aliphatic rings. The molecule has 2 aromatic carbocycles. The highest BCUT2D eigenvalue weighted by molar-refractivity contribution is 5.68. The Balaban J connectivity index is 1.23. The Hall–Kier alpha value is -3.45. The van der Waals surface area contributed by atoms with Gasteiger partial charge in [0.2, 0.25) is 5.89 Å². The van der Waals surface area contributed by atoms with Crippen LogP contribution in [-0.4, -0.2) is 39.2 Å². The number of hydrogen-bond acceptors (Lipinski definition) is 6. The number of likely N-dealkylation sites (tertiary alicyclic amines) is 1. The molecule has 0 amide bonds. The molecule has 1 aromatic heterocycles. The van der Waals surface area contributed by atoms with Crippen molar-refractivity contribution in [2.24, 2.45) is 0 Å². The van der Waals surface area contributed by atoms with Crippen LogP contribution in [0.15, 0.2) is 65.2 Å². The molecule has 0 aliphatic carbocycles. The highest BCUT2D eigenvalue weighted by atomic mass is 16.5. The van der Waals surface area contributed by atoms with Gasteiger partial charge < -0.3 is 14.4 Å². The fraction of sp³-hybridized carbons (Fsp3) is 0.433. The average Bonchev–Trinajstić information content (AvgIpc) is 3.40. The normalized spacial score (nSPS) is 15.9. The van der Waals surface area contributed by atoms with E-state index in [4.69, 9.17) is 14.4 Å². The standard InChI is InChI=1S/C30H37N3O4/c1-4-5-26(18-28(34)35)24-10-12-27(13-11-24)36-20-23-8-6-22(7-9-23)19-33-16-14-25(15-17-33)29-31-30(21(2)3)37-32-29/h4-13,21,25-26H,14-20H2,1-3H3,(H,34,35). The third-order valence-electron chi connectivity index (χ3n) is 6.87. The molecule has 1 fully saturated rings. The summed E-state index contributed by atoms with van der Waals surface area (Å²) in [6.07, 6.45) is 5.99. The van der Waals surface area contributed by atoms with Crippen LogP contribution < -0.4 is 4.74 Å². The van der Waals surface area contributed by atoms with Gasteiger partial charge in [-0.3, -0.25) is 9.69 Å². The van der Waals surface area contributed by atoms with Crippen LogP contribution in [-0.2, 0) is 17.9 Å². The molecule has 196 valence electrons. The lowest BCUT2D eigenvalue weighted by Gasteiger charge is -2.30. The molecule has 1 unspecified atom stereocenters. The van der Waals surface area contributed by atoms with Crippen LogP contribution >= 0.6 is 0 Å². The first-order chi connectivity index (χ1) is 17.9. The van der Waals surface area contributed by atoms with Crippen LogP contribution in [0.25, 0.3) is 0 Å². The summed E-state index contributed by atoms with van der Waals surface area (Å²) in [5.74, 6) is 2.07. The van der Waals surface area contributed by atoms with Gasteiger partial charge in [-0.05, 0) is 61.7 Å². The van der Waals surface area contributed by atoms with Gasteiger partial charge in [-0.15, -0.1) is 0 Å². The van der Waals surface area contributed by atoms with E-state index in [2.05, 4.69) is 53.2 Å². The smallest absolute Gasteiger partial charge is 0.304 e. The van der Waals surface area contributed by atoms with Gasteiger partial charge in [0.1, 0.15) is 12.4 Å². The van der Waals surface area contributed by atoms with E-state index in [1.165, 1.54) is 5.56 Å². The number of allylic oxidation sites excluding steroid dienone is 2. The number of aromatic nitrogens is 2. The Kier molecular flexibility index (Phi) is 9.12. The van der Waals surface area contributed by atoms with Crippen molar-refractivity contribution in [1.29, 1.82) is 0 Å². The molecule has 1 N–H and O–H groups in total. The van der Waals surface area contributed by atoms with E-state index in [1.807, 2.05) is 43.3 Å². The third kappa shape index (κ3) is 7.52. The maximum Gasteiger partial charge on any atom is 0.304 e. The van der Waals surface area contributed by atoms with Crippen molar-refractivity contribution in [3.63, 3.8) is 0 Å². The number of carbonyl (C=O) groups is 1. The third-order valence-corrected chi connectivity index (χ3v) is 6.87. The van der Waals surface area contributed by atoms with Crippen molar-refractivity contribution >= 4 is 5.97 Å². The zero-order valence-electron chi connectivity index (χ0n) is 22.0. The Morgan fingerprint density at radius 1 is 1.11 bits per heavy atom. The Morgan fingerprint density at radius 3 is 2.38 bits per heavy atom. The summed E-state index contributed by atoms with van der Waals surface area (Å²) in [4.78, 5) is 18.2. The van der Waals surface area contributed by atoms with E-state index in [0.717, 1.165) is 61.1 Å². The minimum atomic E-state index is -0.805. The molecule has 1 aliphatic heterocycles. The summed E-state index contributed by atoms with van der Waals surface area (Å²) < 4.78 is 11.4. The van der Waals surface area contributed by atoms with Crippen molar-refractivity contribution in [3.8, 4) is 5.75 Å². The lowest BCUT2D eigenvalue weighted by Crippen LogP contribution is -2.32. The number of piperidine rings is 1. The van der Waals surface area contributed by atoms with Crippen LogP contribution in [0.1, 0.15) is 86.2 Å². The van der Waals surface area contributed by atoms with Gasteiger partial charge in [-0.1, -0.05) is 67.6 Å². The largest absolute Gasteiger partial charge is 0.489 e. The molecule has 3 aromatic rings. The second-order valence-electron chi connectivity index (χ2n) is 10.1. The highest BCUT2D eigenvalue weighted by Gasteiger charge is 2.25. The molecule has 0 radical (unpaired) electrons. The summed E-state index contributed by atoms with van der Waals surface area (Å²) in [6, 6.07) is 16.3. The molecular formula is C30H37N3O4. The van der Waals surface area contributed by atoms with Crippen LogP contribution in [0.4, 0.5) is 0 Å². The second-order valence-corrected chi connectivity index (χ2v) is 10.1. The van der Waals surface area contributed by atoms with Crippen molar-refractivity contribution in [2.75, 3.05) is 13.1 Å². The molecule has 37 heavy (non-hydrogen) atoms. The van der Waals surface area contributed by atoms with Crippen LogP contribution in [0.3, 0.4) is 0 Å². The van der Waals surface area contributed by atoms with Crippen LogP contribution in [0.2, 0.25) is 0 Å². The maximum absolute atomic E-state index is 11.1. The molecular weight excluding hydrogens is 466 g/mol. The van der Waals surface area contributed by atoms with Crippen molar-refractivity contribution < 1.29 is 19.2 Å². The fourth-order valence-corrected chi connectivity index (χ4v) is 4.69. The van der Waals surface area contributed by atoms with Gasteiger partial charge in [0.05, 0.1) is 6.42 Å². The van der Waals surface area contributed by atoms with E-state index in [0.29, 0.717) is 12.5 Å². The number of benzene rings is 2. The van der Waals surface area contributed by atoms with E-state index in [-0.39, 0.29) is 18.3 Å². The van der Waals surface area contributed by atoms with Crippen LogP contribution in [0, 0.1) is 0 Å². The molecule has 2 heterocycles. The number of carboxylic acid groups (broad SMARTS) is 1. The number of nitrogens with zero attached hydrogens (tertiary/aromatic N) is 3. The predicted octanol–water partition coefficient (Wildman–Crippen LogP) is 6.29. The quantitative estimate of drug-likeness (QED) is 0.308. The van der Waals surface area contributed by atoms with E-state index in [1.54, 1.807) is 0 Å². The number of carboxylic acids is 1. The first-order valence-electron chi connectivity index (χ1n) is 13.1. The topological polar surface area (TPSA) is 88.7 Å². The number of hydrogen-bond donors (Lipinski definition) is 1. The van der Waals surface area contributed by atoms with Gasteiger partial charge >= 0.3 is 5.97 Å². The lowest BCUT2D eigenvalue weighted by atomic mass is 9.95. The SMILES string of the molecule is CC=CC(CC(=O)O)c1ccc(OCc2ccc(CN3CCC(c4noc(C(C)C)n4)CC3)cc2)cc1. The minimum Gasteiger partial charge on any atom is -0.489 e. The Morgan fingerprint density at radius 2 is 1.78 bits per heavy atom. The molecule has 1 saturated heterocycles. The van der Waals surface area contributed by atoms with E-state index >= 15 is 0 Å². The first kappa shape index (κ1) is 26.6. The van der Waals surface area contributed by atoms with Gasteiger partial charge in [0.25, 0.3) is 0 Å². The monoisotopic (exact) mass is 503 g/mol. The maximum atomic E-state index is 11.1. The number of ether oxygens (including phenoxy) is 1. The predicted molar refractivity (Wildman–Crippen MR) is 143 cm³/mol. The zero-order valence-corrected chi connectivity index (χ0v) is 22.0. The first-order valence-corrected chi connectivity index (χ1v) is 13.1. The Labute approximate surface area is 219 Å². The van der Waals surface area contributed by atoms with Gasteiger partial charge in [0.15, 0.2) is 5.82 Å². The molecule has 0 saturated carbocycles. The van der Waals surface area contributed by atoms with Crippen LogP contribution in [0.5, 0.6) is 5.75 Å². The summed E-state index contributed by atoms with van der Waals surface area (Å²) >= 11 is 0. The molecule has 7 heteroatoms. The second kappa shape index (κ2) is 12.7. The fourth-order valence-electron chi connectivity index (χ4n) is 4.69. The Bertz CT molecular complexity index is 1160. The van der Waals surface area contributed by atoms with Crippen molar-refractivity contribution in [2.45, 2.75) is 70.9 Å². The molecule has 1 atom stereocenters. The summed E-state index contributed by atoms with van der Waals surface area (Å²) in [7, 11) is 0. The lowest BCUT2D eigenvalue weighted by molar-refractivity contribution is -0.137. The van der Waals surface area contributed by atoms with E-state index in [9.17, 15) is 4.79 Å². The average molecular weight is 504 g/mol. The summed E-state index contributed by atoms with van der Waals surface area (Å²) in [5.41, 5.74) is 3.38.